The van der Waals surface area contributed by atoms with Crippen LogP contribution in [0.4, 0.5) is 5.82 Å². The number of aliphatic hydroxyl groups excluding tert-OH is 3. The fourth-order valence-electron chi connectivity index (χ4n) is 3.74. The van der Waals surface area contributed by atoms with Gasteiger partial charge >= 0.3 is 6.01 Å². The number of methoxy groups -OCH3 is 3. The Bertz CT molecular complexity index is 1320. The highest BCUT2D eigenvalue weighted by Gasteiger charge is 2.45. The third-order valence-corrected chi connectivity index (χ3v) is 7.11. The number of aliphatic hydroxyl groups is 3. The van der Waals surface area contributed by atoms with E-state index in [1.807, 2.05) is 0 Å². The molecule has 0 radical (unpaired) electrons. The molecule has 4 rings (SSSR count). The Hall–Kier alpha value is -3.45. The molecule has 1 aliphatic rings. The largest absolute Gasteiger partial charge is 0.481 e. The Labute approximate surface area is 223 Å². The number of hydrogen-bond acceptors (Lipinski definition) is 14. The standard InChI is InChI=1S/C22H28N6O10S/c1-34-17-8-16(23-22(24-17)36-3)26-39(32,33)14-6-4-13(5-7-14)28-9-12(25-27-28)11-37-20-18(30)15(10-29)38-21(35-2)19(20)31/h4-9,15,18-21,29-31H,10-11H2,1-3H3,(H,23,24,26)/t15-,18+,19-,20+,21-/m1/s1. The van der Waals surface area contributed by atoms with Crippen LogP contribution in [0.3, 0.4) is 0 Å². The van der Waals surface area contributed by atoms with Crippen LogP contribution in [0, 0.1) is 0 Å². The summed E-state index contributed by atoms with van der Waals surface area (Å²) in [6.45, 7) is -0.623. The number of aromatic nitrogens is 5. The van der Waals surface area contributed by atoms with Gasteiger partial charge in [0.1, 0.15) is 30.1 Å². The van der Waals surface area contributed by atoms with Crippen LogP contribution in [0.25, 0.3) is 5.69 Å². The summed E-state index contributed by atoms with van der Waals surface area (Å²) >= 11 is 0. The zero-order valence-electron chi connectivity index (χ0n) is 21.1. The maximum atomic E-state index is 12.9. The van der Waals surface area contributed by atoms with Gasteiger partial charge in [-0.25, -0.2) is 13.1 Å². The van der Waals surface area contributed by atoms with Crippen molar-refractivity contribution in [3.05, 3.63) is 42.2 Å². The zero-order valence-corrected chi connectivity index (χ0v) is 21.9. The van der Waals surface area contributed by atoms with Gasteiger partial charge in [0.2, 0.25) is 5.88 Å². The second-order valence-electron chi connectivity index (χ2n) is 8.25. The molecule has 0 unspecified atom stereocenters. The van der Waals surface area contributed by atoms with Gasteiger partial charge in [0.15, 0.2) is 12.1 Å². The Morgan fingerprint density at radius 2 is 1.82 bits per heavy atom. The Balaban J connectivity index is 1.43. The first-order valence-corrected chi connectivity index (χ1v) is 13.0. The molecule has 0 amide bonds. The first-order valence-electron chi connectivity index (χ1n) is 11.5. The van der Waals surface area contributed by atoms with Crippen molar-refractivity contribution < 1.29 is 47.4 Å². The predicted molar refractivity (Wildman–Crippen MR) is 131 cm³/mol. The monoisotopic (exact) mass is 568 g/mol. The van der Waals surface area contributed by atoms with Crippen LogP contribution in [0.2, 0.25) is 0 Å². The van der Waals surface area contributed by atoms with Gasteiger partial charge in [-0.2, -0.15) is 9.97 Å². The van der Waals surface area contributed by atoms with E-state index in [9.17, 15) is 23.7 Å². The van der Waals surface area contributed by atoms with E-state index in [2.05, 4.69) is 25.0 Å². The molecule has 39 heavy (non-hydrogen) atoms. The van der Waals surface area contributed by atoms with Gasteiger partial charge in [-0.3, -0.25) is 4.72 Å². The minimum Gasteiger partial charge on any atom is -0.481 e. The summed E-state index contributed by atoms with van der Waals surface area (Å²) in [5.41, 5.74) is 0.865. The lowest BCUT2D eigenvalue weighted by Crippen LogP contribution is -2.59. The van der Waals surface area contributed by atoms with E-state index < -0.39 is 47.3 Å². The van der Waals surface area contributed by atoms with Gasteiger partial charge in [0, 0.05) is 13.2 Å². The van der Waals surface area contributed by atoms with Crippen LogP contribution in [-0.4, -0.2) is 107 Å². The summed E-state index contributed by atoms with van der Waals surface area (Å²) < 4.78 is 55.4. The average molecular weight is 569 g/mol. The Morgan fingerprint density at radius 3 is 2.46 bits per heavy atom. The first-order chi connectivity index (χ1) is 18.7. The van der Waals surface area contributed by atoms with Crippen molar-refractivity contribution in [1.29, 1.82) is 0 Å². The number of benzene rings is 1. The number of sulfonamides is 1. The van der Waals surface area contributed by atoms with Crippen LogP contribution < -0.4 is 14.2 Å². The summed E-state index contributed by atoms with van der Waals surface area (Å²) in [7, 11) is 0.0326. The third kappa shape index (κ3) is 6.41. The summed E-state index contributed by atoms with van der Waals surface area (Å²) in [6.07, 6.45) is -4.28. The van der Waals surface area contributed by atoms with Gasteiger partial charge in [0.05, 0.1) is 44.2 Å². The zero-order chi connectivity index (χ0) is 28.2. The predicted octanol–water partition coefficient (Wildman–Crippen LogP) is -1.15. The smallest absolute Gasteiger partial charge is 0.321 e. The Kier molecular flexibility index (Phi) is 8.90. The fraction of sp³-hybridized carbons (Fsp3) is 0.455. The van der Waals surface area contributed by atoms with E-state index in [4.69, 9.17) is 23.7 Å². The van der Waals surface area contributed by atoms with Crippen LogP contribution >= 0.6 is 0 Å². The number of ether oxygens (including phenoxy) is 5. The maximum absolute atomic E-state index is 12.9. The molecule has 17 heteroatoms. The number of nitrogens with zero attached hydrogens (tertiary/aromatic N) is 5. The number of nitrogens with one attached hydrogen (secondary N) is 1. The summed E-state index contributed by atoms with van der Waals surface area (Å²) in [6, 6.07) is 7.04. The SMILES string of the molecule is COc1cc(NS(=O)(=O)c2ccc(-n3cc(CO[C@H]4[C@@H](O)[C@@H](CO)O[C@@H](OC)[C@@H]4O)nn3)cc2)nc(OC)n1. The van der Waals surface area contributed by atoms with Crippen LogP contribution in [0.1, 0.15) is 5.69 Å². The lowest BCUT2D eigenvalue weighted by Gasteiger charge is -2.41. The molecule has 0 spiro atoms. The van der Waals surface area contributed by atoms with E-state index in [1.165, 1.54) is 62.5 Å². The molecule has 0 bridgehead atoms. The highest BCUT2D eigenvalue weighted by atomic mass is 32.2. The topological polar surface area (TPSA) is 210 Å². The quantitative estimate of drug-likeness (QED) is 0.215. The molecule has 1 saturated heterocycles. The van der Waals surface area contributed by atoms with Crippen LogP contribution in [0.15, 0.2) is 41.4 Å². The van der Waals surface area contributed by atoms with E-state index in [0.29, 0.717) is 11.4 Å². The van der Waals surface area contributed by atoms with Crippen molar-refractivity contribution in [3.8, 4) is 17.6 Å². The normalized spacial score (nSPS) is 23.4. The molecular weight excluding hydrogens is 540 g/mol. The summed E-state index contributed by atoms with van der Waals surface area (Å²) in [5, 5.41) is 38.2. The van der Waals surface area contributed by atoms with Gasteiger partial charge in [0.25, 0.3) is 10.0 Å². The number of anilines is 1. The van der Waals surface area contributed by atoms with E-state index in [0.717, 1.165) is 0 Å². The highest BCUT2D eigenvalue weighted by molar-refractivity contribution is 7.92. The van der Waals surface area contributed by atoms with Crippen molar-refractivity contribution in [2.24, 2.45) is 0 Å². The summed E-state index contributed by atoms with van der Waals surface area (Å²) in [4.78, 5) is 7.84. The molecule has 0 saturated carbocycles. The molecule has 2 aromatic heterocycles. The molecule has 212 valence electrons. The average Bonchev–Trinajstić information content (AvgIpc) is 3.41. The molecule has 1 aliphatic heterocycles. The second-order valence-corrected chi connectivity index (χ2v) is 9.94. The lowest BCUT2D eigenvalue weighted by molar-refractivity contribution is -0.303. The van der Waals surface area contributed by atoms with Crippen molar-refractivity contribution in [1.82, 2.24) is 25.0 Å². The van der Waals surface area contributed by atoms with Crippen molar-refractivity contribution in [2.75, 3.05) is 32.7 Å². The first kappa shape index (κ1) is 28.6. The molecule has 3 heterocycles. The Morgan fingerprint density at radius 1 is 1.08 bits per heavy atom. The highest BCUT2D eigenvalue weighted by Crippen LogP contribution is 2.25. The van der Waals surface area contributed by atoms with E-state index in [1.54, 1.807) is 0 Å². The van der Waals surface area contributed by atoms with Crippen LogP contribution in [0.5, 0.6) is 11.9 Å². The number of hydrogen-bond donors (Lipinski definition) is 4. The molecule has 0 aliphatic carbocycles. The number of rotatable bonds is 11. The minimum absolute atomic E-state index is 0.0365. The summed E-state index contributed by atoms with van der Waals surface area (Å²) in [5.74, 6) is 0.0824. The molecule has 5 atom stereocenters. The van der Waals surface area contributed by atoms with Crippen molar-refractivity contribution in [3.63, 3.8) is 0 Å². The molecule has 1 fully saturated rings. The van der Waals surface area contributed by atoms with E-state index >= 15 is 0 Å². The fourth-order valence-corrected chi connectivity index (χ4v) is 4.74. The second kappa shape index (κ2) is 12.2. The maximum Gasteiger partial charge on any atom is 0.321 e. The molecule has 1 aromatic carbocycles. The van der Waals surface area contributed by atoms with E-state index in [-0.39, 0.29) is 29.2 Å². The van der Waals surface area contributed by atoms with Gasteiger partial charge < -0.3 is 39.0 Å². The third-order valence-electron chi connectivity index (χ3n) is 5.74. The molecule has 4 N–H and O–H groups in total. The van der Waals surface area contributed by atoms with Crippen molar-refractivity contribution >= 4 is 15.8 Å². The minimum atomic E-state index is -4.00. The van der Waals surface area contributed by atoms with Gasteiger partial charge in [-0.1, -0.05) is 5.21 Å². The lowest BCUT2D eigenvalue weighted by atomic mass is 9.99. The molecule has 16 nitrogen and oxygen atoms in total. The molecule has 3 aromatic rings. The van der Waals surface area contributed by atoms with Crippen LogP contribution in [-0.2, 0) is 30.8 Å². The van der Waals surface area contributed by atoms with Crippen molar-refractivity contribution in [2.45, 2.75) is 42.2 Å². The molecular formula is C22H28N6O10S. The van der Waals surface area contributed by atoms with Gasteiger partial charge in [-0.05, 0) is 24.3 Å². The van der Waals surface area contributed by atoms with Gasteiger partial charge in [-0.15, -0.1) is 5.10 Å².